The Bertz CT molecular complexity index is 443. The molecule has 0 saturated carbocycles. The molecule has 0 aliphatic rings. The van der Waals surface area contributed by atoms with E-state index in [1.807, 2.05) is 26.0 Å². The molecule has 0 radical (unpaired) electrons. The maximum Gasteiger partial charge on any atom is 0.244 e. The van der Waals surface area contributed by atoms with E-state index in [2.05, 4.69) is 5.32 Å². The first-order chi connectivity index (χ1) is 9.05. The molecule has 1 aromatic carbocycles. The van der Waals surface area contributed by atoms with Crippen LogP contribution in [0.4, 0.5) is 5.69 Å². The molecule has 104 valence electrons. The van der Waals surface area contributed by atoms with E-state index in [9.17, 15) is 9.90 Å². The second-order valence-corrected chi connectivity index (χ2v) is 4.64. The monoisotopic (exact) mass is 262 g/mol. The minimum atomic E-state index is -0.531. The van der Waals surface area contributed by atoms with E-state index in [-0.39, 0.29) is 12.5 Å². The second kappa shape index (κ2) is 6.95. The maximum atomic E-state index is 11.9. The fraction of sp³-hybridized carbons (Fsp3) is 0.400. The standard InChI is InChI=1S/C15H22N2O2/c1-3-15(4-2,11-18)17-14(19)9-8-12-6-5-7-13(16)10-12/h5-10,18H,3-4,11,16H2,1-2H3,(H,17,19)/b9-8+. The molecule has 0 atom stereocenters. The van der Waals surface area contributed by atoms with Crippen molar-refractivity contribution in [3.63, 3.8) is 0 Å². The van der Waals surface area contributed by atoms with Gasteiger partial charge < -0.3 is 16.2 Å². The number of anilines is 1. The van der Waals surface area contributed by atoms with Crippen molar-refractivity contribution < 1.29 is 9.90 Å². The molecule has 1 rings (SSSR count). The molecule has 0 bridgehead atoms. The van der Waals surface area contributed by atoms with Gasteiger partial charge >= 0.3 is 0 Å². The number of benzene rings is 1. The molecule has 0 aliphatic heterocycles. The van der Waals surface area contributed by atoms with Gasteiger partial charge in [0.2, 0.25) is 5.91 Å². The molecule has 1 aromatic rings. The molecule has 4 heteroatoms. The number of aliphatic hydroxyl groups is 1. The summed E-state index contributed by atoms with van der Waals surface area (Å²) in [5, 5.41) is 12.2. The van der Waals surface area contributed by atoms with Crippen molar-refractivity contribution >= 4 is 17.7 Å². The van der Waals surface area contributed by atoms with Crippen LogP contribution < -0.4 is 11.1 Å². The van der Waals surface area contributed by atoms with E-state index in [1.165, 1.54) is 6.08 Å². The lowest BCUT2D eigenvalue weighted by Crippen LogP contribution is -2.49. The number of rotatable bonds is 6. The SMILES string of the molecule is CCC(CC)(CO)NC(=O)/C=C/c1cccc(N)c1. The Kier molecular flexibility index (Phi) is 5.57. The summed E-state index contributed by atoms with van der Waals surface area (Å²) in [6, 6.07) is 7.30. The van der Waals surface area contributed by atoms with Gasteiger partial charge in [-0.1, -0.05) is 26.0 Å². The normalized spacial score (nSPS) is 11.7. The van der Waals surface area contributed by atoms with Crippen LogP contribution >= 0.6 is 0 Å². The van der Waals surface area contributed by atoms with Crippen LogP contribution in [0.2, 0.25) is 0 Å². The molecule has 0 aliphatic carbocycles. The third-order valence-corrected chi connectivity index (χ3v) is 3.38. The summed E-state index contributed by atoms with van der Waals surface area (Å²) >= 11 is 0. The summed E-state index contributed by atoms with van der Waals surface area (Å²) in [6.45, 7) is 3.83. The van der Waals surface area contributed by atoms with Gasteiger partial charge in [0.1, 0.15) is 0 Å². The summed E-state index contributed by atoms with van der Waals surface area (Å²) in [4.78, 5) is 11.9. The number of hydrogen-bond donors (Lipinski definition) is 3. The lowest BCUT2D eigenvalue weighted by Gasteiger charge is -2.30. The number of carbonyl (C=O) groups excluding carboxylic acids is 1. The molecule has 0 aromatic heterocycles. The van der Waals surface area contributed by atoms with Gasteiger partial charge in [0.25, 0.3) is 0 Å². The van der Waals surface area contributed by atoms with Crippen LogP contribution in [0, 0.1) is 0 Å². The van der Waals surface area contributed by atoms with E-state index in [4.69, 9.17) is 5.73 Å². The van der Waals surface area contributed by atoms with Gasteiger partial charge in [-0.25, -0.2) is 0 Å². The van der Waals surface area contributed by atoms with Crippen LogP contribution in [0.3, 0.4) is 0 Å². The van der Waals surface area contributed by atoms with Crippen LogP contribution in [0.25, 0.3) is 6.08 Å². The number of aliphatic hydroxyl groups excluding tert-OH is 1. The molecule has 4 N–H and O–H groups in total. The first kappa shape index (κ1) is 15.2. The van der Waals surface area contributed by atoms with Crippen molar-refractivity contribution in [2.24, 2.45) is 0 Å². The summed E-state index contributed by atoms with van der Waals surface area (Å²) in [7, 11) is 0. The summed E-state index contributed by atoms with van der Waals surface area (Å²) in [5.41, 5.74) is 6.67. The number of carbonyl (C=O) groups is 1. The Morgan fingerprint density at radius 1 is 1.42 bits per heavy atom. The topological polar surface area (TPSA) is 75.3 Å². The van der Waals surface area contributed by atoms with Gasteiger partial charge in [0.15, 0.2) is 0 Å². The Labute approximate surface area is 114 Å². The Hall–Kier alpha value is -1.81. The van der Waals surface area contributed by atoms with Crippen molar-refractivity contribution in [1.29, 1.82) is 0 Å². The Morgan fingerprint density at radius 3 is 2.63 bits per heavy atom. The third kappa shape index (κ3) is 4.41. The van der Waals surface area contributed by atoms with Gasteiger partial charge in [-0.2, -0.15) is 0 Å². The minimum absolute atomic E-state index is 0.0577. The Morgan fingerprint density at radius 2 is 2.11 bits per heavy atom. The molecule has 0 unspecified atom stereocenters. The minimum Gasteiger partial charge on any atom is -0.399 e. The van der Waals surface area contributed by atoms with Gasteiger partial charge in [-0.05, 0) is 36.6 Å². The van der Waals surface area contributed by atoms with Crippen LogP contribution in [-0.4, -0.2) is 23.2 Å². The van der Waals surface area contributed by atoms with E-state index in [0.717, 1.165) is 5.56 Å². The highest BCUT2D eigenvalue weighted by Crippen LogP contribution is 2.14. The van der Waals surface area contributed by atoms with Crippen LogP contribution in [0.15, 0.2) is 30.3 Å². The second-order valence-electron chi connectivity index (χ2n) is 4.64. The van der Waals surface area contributed by atoms with Gasteiger partial charge in [-0.15, -0.1) is 0 Å². The van der Waals surface area contributed by atoms with Crippen LogP contribution in [0.5, 0.6) is 0 Å². The quantitative estimate of drug-likeness (QED) is 0.542. The molecule has 0 fully saturated rings. The van der Waals surface area contributed by atoms with Crippen molar-refractivity contribution in [2.75, 3.05) is 12.3 Å². The van der Waals surface area contributed by atoms with Gasteiger partial charge in [-0.3, -0.25) is 4.79 Å². The van der Waals surface area contributed by atoms with E-state index in [0.29, 0.717) is 18.5 Å². The average Bonchev–Trinajstić information content (AvgIpc) is 2.43. The number of amides is 1. The van der Waals surface area contributed by atoms with Crippen LogP contribution in [-0.2, 0) is 4.79 Å². The molecule has 0 saturated heterocycles. The highest BCUT2D eigenvalue weighted by atomic mass is 16.3. The lowest BCUT2D eigenvalue weighted by atomic mass is 9.94. The predicted octanol–water partition coefficient (Wildman–Crippen LogP) is 1.95. The molecule has 0 spiro atoms. The largest absolute Gasteiger partial charge is 0.399 e. The fourth-order valence-electron chi connectivity index (χ4n) is 1.83. The zero-order valence-electron chi connectivity index (χ0n) is 11.5. The zero-order chi connectivity index (χ0) is 14.3. The molecule has 1 amide bonds. The smallest absolute Gasteiger partial charge is 0.244 e. The summed E-state index contributed by atoms with van der Waals surface area (Å²) in [5.74, 6) is -0.208. The van der Waals surface area contributed by atoms with Crippen molar-refractivity contribution in [2.45, 2.75) is 32.2 Å². The molecular formula is C15H22N2O2. The van der Waals surface area contributed by atoms with Crippen molar-refractivity contribution in [3.8, 4) is 0 Å². The summed E-state index contributed by atoms with van der Waals surface area (Å²) < 4.78 is 0. The summed E-state index contributed by atoms with van der Waals surface area (Å²) in [6.07, 6.45) is 4.55. The maximum absolute atomic E-state index is 11.9. The van der Waals surface area contributed by atoms with Gasteiger partial charge in [0, 0.05) is 11.8 Å². The number of nitrogens with two attached hydrogens (primary N) is 1. The third-order valence-electron chi connectivity index (χ3n) is 3.38. The molecule has 19 heavy (non-hydrogen) atoms. The molecule has 4 nitrogen and oxygen atoms in total. The fourth-order valence-corrected chi connectivity index (χ4v) is 1.83. The van der Waals surface area contributed by atoms with E-state index >= 15 is 0 Å². The van der Waals surface area contributed by atoms with E-state index in [1.54, 1.807) is 18.2 Å². The van der Waals surface area contributed by atoms with Crippen LogP contribution in [0.1, 0.15) is 32.3 Å². The lowest BCUT2D eigenvalue weighted by molar-refractivity contribution is -0.119. The van der Waals surface area contributed by atoms with Crippen molar-refractivity contribution in [3.05, 3.63) is 35.9 Å². The highest BCUT2D eigenvalue weighted by Gasteiger charge is 2.26. The zero-order valence-corrected chi connectivity index (χ0v) is 11.5. The number of hydrogen-bond acceptors (Lipinski definition) is 3. The molecule has 0 heterocycles. The number of nitrogen functional groups attached to an aromatic ring is 1. The average molecular weight is 262 g/mol. The number of nitrogens with one attached hydrogen (secondary N) is 1. The predicted molar refractivity (Wildman–Crippen MR) is 78.4 cm³/mol. The van der Waals surface area contributed by atoms with Gasteiger partial charge in [0.05, 0.1) is 12.1 Å². The first-order valence-corrected chi connectivity index (χ1v) is 6.52. The van der Waals surface area contributed by atoms with E-state index < -0.39 is 5.54 Å². The van der Waals surface area contributed by atoms with Crippen molar-refractivity contribution in [1.82, 2.24) is 5.32 Å². The molecular weight excluding hydrogens is 240 g/mol. The highest BCUT2D eigenvalue weighted by molar-refractivity contribution is 5.92. The Balaban J connectivity index is 2.69. The first-order valence-electron chi connectivity index (χ1n) is 6.52.